The smallest absolute Gasteiger partial charge is 0.308 e. The molecule has 2 rings (SSSR count). The quantitative estimate of drug-likeness (QED) is 0.907. The van der Waals surface area contributed by atoms with E-state index in [9.17, 15) is 9.59 Å². The van der Waals surface area contributed by atoms with Crippen molar-refractivity contribution in [3.63, 3.8) is 0 Å². The molecule has 1 amide bonds. The summed E-state index contributed by atoms with van der Waals surface area (Å²) in [7, 11) is 1.59. The molecule has 1 unspecified atom stereocenters. The van der Waals surface area contributed by atoms with Crippen molar-refractivity contribution in [1.82, 2.24) is 14.7 Å². The molecule has 0 aliphatic rings. The van der Waals surface area contributed by atoms with E-state index in [2.05, 4.69) is 5.10 Å². The monoisotopic (exact) mass is 287 g/mol. The van der Waals surface area contributed by atoms with Crippen LogP contribution < -0.4 is 0 Å². The van der Waals surface area contributed by atoms with Gasteiger partial charge in [-0.3, -0.25) is 9.59 Å². The summed E-state index contributed by atoms with van der Waals surface area (Å²) < 4.78 is 1.55. The molecule has 0 aliphatic carbocycles. The molecule has 6 heteroatoms. The summed E-state index contributed by atoms with van der Waals surface area (Å²) in [5.41, 5.74) is 1.19. The third-order valence-electron chi connectivity index (χ3n) is 3.18. The van der Waals surface area contributed by atoms with E-state index < -0.39 is 11.9 Å². The van der Waals surface area contributed by atoms with Gasteiger partial charge in [0.15, 0.2) is 0 Å². The molecular formula is C15H17N3O3. The molecule has 110 valence electrons. The second-order valence-corrected chi connectivity index (χ2v) is 4.89. The number of para-hydroxylation sites is 1. The molecule has 0 saturated heterocycles. The van der Waals surface area contributed by atoms with E-state index in [0.29, 0.717) is 5.69 Å². The molecule has 1 heterocycles. The lowest BCUT2D eigenvalue weighted by molar-refractivity contribution is -0.141. The fraction of sp³-hybridized carbons (Fsp3) is 0.267. The zero-order valence-corrected chi connectivity index (χ0v) is 11.9. The Balaban J connectivity index is 2.21. The molecular weight excluding hydrogens is 270 g/mol. The lowest BCUT2D eigenvalue weighted by atomic mass is 10.1. The SMILES string of the molecule is CC(CN(C)C(=O)c1ccnn1-c1ccccc1)C(=O)O. The maximum absolute atomic E-state index is 12.4. The van der Waals surface area contributed by atoms with Gasteiger partial charge < -0.3 is 10.0 Å². The summed E-state index contributed by atoms with van der Waals surface area (Å²) in [5, 5.41) is 13.1. The van der Waals surface area contributed by atoms with Gasteiger partial charge in [0.05, 0.1) is 17.8 Å². The Morgan fingerprint density at radius 1 is 1.29 bits per heavy atom. The minimum Gasteiger partial charge on any atom is -0.481 e. The first-order valence-electron chi connectivity index (χ1n) is 6.58. The van der Waals surface area contributed by atoms with Crippen LogP contribution in [0.5, 0.6) is 0 Å². The van der Waals surface area contributed by atoms with Gasteiger partial charge >= 0.3 is 5.97 Å². The average Bonchev–Trinajstić information content (AvgIpc) is 2.96. The van der Waals surface area contributed by atoms with Crippen LogP contribution in [-0.2, 0) is 4.79 Å². The van der Waals surface area contributed by atoms with Gasteiger partial charge in [-0.25, -0.2) is 4.68 Å². The topological polar surface area (TPSA) is 75.4 Å². The van der Waals surface area contributed by atoms with Crippen LogP contribution in [0.4, 0.5) is 0 Å². The van der Waals surface area contributed by atoms with E-state index in [4.69, 9.17) is 5.11 Å². The average molecular weight is 287 g/mol. The molecule has 1 aromatic heterocycles. The van der Waals surface area contributed by atoms with Crippen LogP contribution in [0.25, 0.3) is 5.69 Å². The summed E-state index contributed by atoms with van der Waals surface area (Å²) in [5.74, 6) is -1.80. The Labute approximate surface area is 122 Å². The minimum atomic E-state index is -0.925. The van der Waals surface area contributed by atoms with E-state index in [1.54, 1.807) is 30.9 Å². The van der Waals surface area contributed by atoms with Crippen LogP contribution in [0.3, 0.4) is 0 Å². The Kier molecular flexibility index (Phi) is 4.37. The lowest BCUT2D eigenvalue weighted by Gasteiger charge is -2.19. The van der Waals surface area contributed by atoms with Crippen LogP contribution in [0, 0.1) is 5.92 Å². The molecule has 0 fully saturated rings. The van der Waals surface area contributed by atoms with Gasteiger partial charge in [0.25, 0.3) is 5.91 Å². The standard InChI is InChI=1S/C15H17N3O3/c1-11(15(20)21)10-17(2)14(19)13-8-9-16-18(13)12-6-4-3-5-7-12/h3-9,11H,10H2,1-2H3,(H,20,21). The van der Waals surface area contributed by atoms with Crippen LogP contribution in [-0.4, -0.2) is 45.3 Å². The Hall–Kier alpha value is -2.63. The van der Waals surface area contributed by atoms with Crippen molar-refractivity contribution in [2.45, 2.75) is 6.92 Å². The summed E-state index contributed by atoms with van der Waals surface area (Å²) in [6.45, 7) is 1.72. The van der Waals surface area contributed by atoms with Gasteiger partial charge in [0.1, 0.15) is 5.69 Å². The number of hydrogen-bond donors (Lipinski definition) is 1. The highest BCUT2D eigenvalue weighted by molar-refractivity contribution is 5.93. The predicted molar refractivity (Wildman–Crippen MR) is 77.3 cm³/mol. The molecule has 0 saturated carbocycles. The fourth-order valence-corrected chi connectivity index (χ4v) is 2.01. The van der Waals surface area contributed by atoms with Gasteiger partial charge in [0.2, 0.25) is 0 Å². The number of rotatable bonds is 5. The Morgan fingerprint density at radius 2 is 1.95 bits per heavy atom. The van der Waals surface area contributed by atoms with Crippen molar-refractivity contribution in [3.05, 3.63) is 48.3 Å². The fourth-order valence-electron chi connectivity index (χ4n) is 2.01. The highest BCUT2D eigenvalue weighted by Crippen LogP contribution is 2.12. The minimum absolute atomic E-state index is 0.147. The second kappa shape index (κ2) is 6.21. The van der Waals surface area contributed by atoms with Crippen molar-refractivity contribution < 1.29 is 14.7 Å². The van der Waals surface area contributed by atoms with Crippen molar-refractivity contribution in [1.29, 1.82) is 0 Å². The number of carboxylic acids is 1. The molecule has 6 nitrogen and oxygen atoms in total. The summed E-state index contributed by atoms with van der Waals surface area (Å²) in [6, 6.07) is 10.9. The van der Waals surface area contributed by atoms with Gasteiger partial charge in [-0.1, -0.05) is 25.1 Å². The van der Waals surface area contributed by atoms with Crippen LogP contribution in [0.15, 0.2) is 42.6 Å². The first kappa shape index (κ1) is 14.8. The number of amides is 1. The molecule has 0 radical (unpaired) electrons. The van der Waals surface area contributed by atoms with Crippen molar-refractivity contribution in [2.24, 2.45) is 5.92 Å². The van der Waals surface area contributed by atoms with Crippen LogP contribution >= 0.6 is 0 Å². The summed E-state index contributed by atoms with van der Waals surface area (Å²) >= 11 is 0. The third-order valence-corrected chi connectivity index (χ3v) is 3.18. The lowest BCUT2D eigenvalue weighted by Crippen LogP contribution is -2.34. The third kappa shape index (κ3) is 3.28. The maximum Gasteiger partial charge on any atom is 0.308 e. The first-order valence-corrected chi connectivity index (χ1v) is 6.58. The van der Waals surface area contributed by atoms with Gasteiger partial charge in [-0.2, -0.15) is 5.10 Å². The predicted octanol–water partition coefficient (Wildman–Crippen LogP) is 1.67. The van der Waals surface area contributed by atoms with E-state index in [1.807, 2.05) is 30.3 Å². The zero-order valence-electron chi connectivity index (χ0n) is 11.9. The molecule has 0 aliphatic heterocycles. The molecule has 21 heavy (non-hydrogen) atoms. The normalized spacial score (nSPS) is 11.9. The van der Waals surface area contributed by atoms with E-state index in [1.165, 1.54) is 4.90 Å². The van der Waals surface area contributed by atoms with E-state index >= 15 is 0 Å². The Morgan fingerprint density at radius 3 is 2.57 bits per heavy atom. The van der Waals surface area contributed by atoms with Gasteiger partial charge in [-0.05, 0) is 18.2 Å². The van der Waals surface area contributed by atoms with E-state index in [-0.39, 0.29) is 12.5 Å². The number of carbonyl (C=O) groups excluding carboxylic acids is 1. The van der Waals surface area contributed by atoms with Gasteiger partial charge in [0, 0.05) is 13.6 Å². The largest absolute Gasteiger partial charge is 0.481 e. The van der Waals surface area contributed by atoms with Crippen molar-refractivity contribution in [2.75, 3.05) is 13.6 Å². The number of benzene rings is 1. The van der Waals surface area contributed by atoms with Crippen LogP contribution in [0.1, 0.15) is 17.4 Å². The summed E-state index contributed by atoms with van der Waals surface area (Å²) in [4.78, 5) is 24.7. The summed E-state index contributed by atoms with van der Waals surface area (Å²) in [6.07, 6.45) is 1.55. The highest BCUT2D eigenvalue weighted by Gasteiger charge is 2.21. The number of hydrogen-bond acceptors (Lipinski definition) is 3. The number of aliphatic carboxylic acids is 1. The molecule has 0 spiro atoms. The first-order chi connectivity index (χ1) is 10.0. The van der Waals surface area contributed by atoms with Crippen molar-refractivity contribution >= 4 is 11.9 Å². The Bertz CT molecular complexity index is 637. The van der Waals surface area contributed by atoms with E-state index in [0.717, 1.165) is 5.69 Å². The number of aromatic nitrogens is 2. The number of carbonyl (C=O) groups is 2. The van der Waals surface area contributed by atoms with Crippen LogP contribution in [0.2, 0.25) is 0 Å². The second-order valence-electron chi connectivity index (χ2n) is 4.89. The molecule has 1 atom stereocenters. The molecule has 0 bridgehead atoms. The maximum atomic E-state index is 12.4. The number of carboxylic acid groups (broad SMARTS) is 1. The molecule has 1 N–H and O–H groups in total. The molecule has 2 aromatic rings. The highest BCUT2D eigenvalue weighted by atomic mass is 16.4. The van der Waals surface area contributed by atoms with Gasteiger partial charge in [-0.15, -0.1) is 0 Å². The molecule has 1 aromatic carbocycles. The van der Waals surface area contributed by atoms with Crippen molar-refractivity contribution in [3.8, 4) is 5.69 Å². The zero-order chi connectivity index (χ0) is 15.4. The number of nitrogens with zero attached hydrogens (tertiary/aromatic N) is 3.